The Morgan fingerprint density at radius 3 is 2.78 bits per heavy atom. The third-order valence-corrected chi connectivity index (χ3v) is 6.17. The number of amides is 2. The quantitative estimate of drug-likeness (QED) is 0.868. The van der Waals surface area contributed by atoms with Crippen LogP contribution < -0.4 is 10.9 Å². The van der Waals surface area contributed by atoms with Crippen molar-refractivity contribution in [1.82, 2.24) is 19.8 Å². The second-order valence-electron chi connectivity index (χ2n) is 7.47. The number of hydrogen-bond donors (Lipinski definition) is 1. The van der Waals surface area contributed by atoms with Gasteiger partial charge in [0, 0.05) is 18.6 Å². The number of thiophene rings is 1. The number of aryl methyl sites for hydroxylation is 1. The first-order chi connectivity index (χ1) is 12.8. The highest BCUT2D eigenvalue weighted by molar-refractivity contribution is 7.20. The molecule has 2 aromatic rings. The Labute approximate surface area is 162 Å². The van der Waals surface area contributed by atoms with E-state index in [1.807, 2.05) is 25.7 Å². The van der Waals surface area contributed by atoms with Gasteiger partial charge in [-0.2, -0.15) is 0 Å². The van der Waals surface area contributed by atoms with Crippen LogP contribution in [0.4, 0.5) is 0 Å². The Hall–Kier alpha value is -2.22. The molecule has 1 saturated heterocycles. The first kappa shape index (κ1) is 19.5. The largest absolute Gasteiger partial charge is 0.349 e. The average Bonchev–Trinajstić information content (AvgIpc) is 2.94. The molecular formula is C19H26N4O3S. The maximum atomic E-state index is 12.9. The Morgan fingerprint density at radius 1 is 1.37 bits per heavy atom. The van der Waals surface area contributed by atoms with E-state index in [4.69, 9.17) is 0 Å². The summed E-state index contributed by atoms with van der Waals surface area (Å²) in [6.45, 7) is 8.30. The van der Waals surface area contributed by atoms with Crippen molar-refractivity contribution >= 4 is 33.4 Å². The van der Waals surface area contributed by atoms with Crippen molar-refractivity contribution in [2.45, 2.75) is 65.6 Å². The highest BCUT2D eigenvalue weighted by Gasteiger charge is 2.25. The minimum atomic E-state index is -0.268. The number of hydrogen-bond acceptors (Lipinski definition) is 5. The predicted molar refractivity (Wildman–Crippen MR) is 106 cm³/mol. The molecule has 1 fully saturated rings. The summed E-state index contributed by atoms with van der Waals surface area (Å²) in [7, 11) is 0. The van der Waals surface area contributed by atoms with Crippen LogP contribution in [0.2, 0.25) is 0 Å². The summed E-state index contributed by atoms with van der Waals surface area (Å²) in [4.78, 5) is 45.2. The summed E-state index contributed by atoms with van der Waals surface area (Å²) < 4.78 is 1.36. The standard InChI is InChI=1S/C19H26N4O3S/c1-11(2)21-17(25)16-13(4)15-18(27-16)20-10-22(19(15)26)9-14(24)23-8-6-5-7-12(23)3/h10-12H,5-9H2,1-4H3,(H,21,25)/t12-/m0/s1. The van der Waals surface area contributed by atoms with Crippen molar-refractivity contribution in [2.24, 2.45) is 0 Å². The lowest BCUT2D eigenvalue weighted by Crippen LogP contribution is -2.44. The van der Waals surface area contributed by atoms with Crippen LogP contribution in [-0.4, -0.2) is 44.9 Å². The van der Waals surface area contributed by atoms with E-state index in [-0.39, 0.29) is 36.0 Å². The van der Waals surface area contributed by atoms with E-state index in [2.05, 4.69) is 10.3 Å². The predicted octanol–water partition coefficient (Wildman–Crippen LogP) is 2.31. The first-order valence-electron chi connectivity index (χ1n) is 9.38. The number of piperidine rings is 1. The van der Waals surface area contributed by atoms with E-state index < -0.39 is 0 Å². The van der Waals surface area contributed by atoms with Crippen molar-refractivity contribution < 1.29 is 9.59 Å². The van der Waals surface area contributed by atoms with E-state index >= 15 is 0 Å². The Morgan fingerprint density at radius 2 is 2.11 bits per heavy atom. The lowest BCUT2D eigenvalue weighted by atomic mass is 10.0. The summed E-state index contributed by atoms with van der Waals surface area (Å²) in [6.07, 6.45) is 4.54. The molecule has 0 unspecified atom stereocenters. The molecule has 2 amide bonds. The molecule has 1 atom stereocenters. The molecule has 0 saturated carbocycles. The molecule has 0 aromatic carbocycles. The summed E-state index contributed by atoms with van der Waals surface area (Å²) >= 11 is 1.21. The fraction of sp³-hybridized carbons (Fsp3) is 0.579. The highest BCUT2D eigenvalue weighted by Crippen LogP contribution is 2.27. The maximum Gasteiger partial charge on any atom is 0.262 e. The lowest BCUT2D eigenvalue weighted by Gasteiger charge is -2.33. The van der Waals surface area contributed by atoms with Gasteiger partial charge in [0.05, 0.1) is 16.6 Å². The Balaban J connectivity index is 1.91. The molecule has 0 aliphatic carbocycles. The molecule has 27 heavy (non-hydrogen) atoms. The van der Waals surface area contributed by atoms with Crippen LogP contribution in [0.25, 0.3) is 10.2 Å². The van der Waals surface area contributed by atoms with Gasteiger partial charge in [-0.05, 0) is 52.5 Å². The molecule has 3 rings (SSSR count). The van der Waals surface area contributed by atoms with Crippen LogP contribution in [0.3, 0.4) is 0 Å². The Bertz CT molecular complexity index is 931. The molecule has 1 aliphatic heterocycles. The van der Waals surface area contributed by atoms with Crippen LogP contribution in [0.15, 0.2) is 11.1 Å². The third kappa shape index (κ3) is 3.90. The number of nitrogens with zero attached hydrogens (tertiary/aromatic N) is 3. The number of carbonyl (C=O) groups excluding carboxylic acids is 2. The molecule has 7 nitrogen and oxygen atoms in total. The van der Waals surface area contributed by atoms with E-state index in [0.717, 1.165) is 25.8 Å². The molecule has 0 bridgehead atoms. The average molecular weight is 391 g/mol. The monoisotopic (exact) mass is 390 g/mol. The van der Waals surface area contributed by atoms with Crippen LogP contribution in [-0.2, 0) is 11.3 Å². The van der Waals surface area contributed by atoms with Gasteiger partial charge in [-0.25, -0.2) is 4.98 Å². The third-order valence-electron chi connectivity index (χ3n) is 4.97. The maximum absolute atomic E-state index is 12.9. The number of carbonyl (C=O) groups is 2. The zero-order valence-corrected chi connectivity index (χ0v) is 17.1. The van der Waals surface area contributed by atoms with Gasteiger partial charge >= 0.3 is 0 Å². The number of rotatable bonds is 4. The van der Waals surface area contributed by atoms with Crippen LogP contribution in [0.5, 0.6) is 0 Å². The fourth-order valence-electron chi connectivity index (χ4n) is 3.52. The fourth-order valence-corrected chi connectivity index (χ4v) is 4.56. The number of likely N-dealkylation sites (tertiary alicyclic amines) is 1. The first-order valence-corrected chi connectivity index (χ1v) is 10.2. The minimum Gasteiger partial charge on any atom is -0.349 e. The van der Waals surface area contributed by atoms with Gasteiger partial charge in [-0.15, -0.1) is 11.3 Å². The van der Waals surface area contributed by atoms with Gasteiger partial charge in [0.1, 0.15) is 11.4 Å². The molecule has 0 radical (unpaired) electrons. The van der Waals surface area contributed by atoms with Gasteiger partial charge in [0.2, 0.25) is 5.91 Å². The summed E-state index contributed by atoms with van der Waals surface area (Å²) in [5.74, 6) is -0.259. The summed E-state index contributed by atoms with van der Waals surface area (Å²) in [5.41, 5.74) is 0.356. The smallest absolute Gasteiger partial charge is 0.262 e. The van der Waals surface area contributed by atoms with Gasteiger partial charge in [-0.1, -0.05) is 0 Å². The summed E-state index contributed by atoms with van der Waals surface area (Å²) in [6, 6.07) is 0.212. The molecule has 8 heteroatoms. The van der Waals surface area contributed by atoms with E-state index in [1.165, 1.54) is 22.2 Å². The SMILES string of the molecule is Cc1c(C(=O)NC(C)C)sc2ncn(CC(=O)N3CCCC[C@@H]3C)c(=O)c12. The van der Waals surface area contributed by atoms with E-state index in [9.17, 15) is 14.4 Å². The van der Waals surface area contributed by atoms with Crippen molar-refractivity contribution in [2.75, 3.05) is 6.54 Å². The molecule has 1 N–H and O–H groups in total. The molecule has 2 aromatic heterocycles. The zero-order chi connectivity index (χ0) is 19.7. The van der Waals surface area contributed by atoms with Gasteiger partial charge in [0.15, 0.2) is 0 Å². The second-order valence-corrected chi connectivity index (χ2v) is 8.47. The normalized spacial score (nSPS) is 17.5. The molecule has 1 aliphatic rings. The number of aromatic nitrogens is 2. The van der Waals surface area contributed by atoms with Crippen molar-refractivity contribution in [3.63, 3.8) is 0 Å². The van der Waals surface area contributed by atoms with Crippen LogP contribution in [0.1, 0.15) is 55.3 Å². The van der Waals surface area contributed by atoms with Crippen molar-refractivity contribution in [3.8, 4) is 0 Å². The van der Waals surface area contributed by atoms with Crippen molar-refractivity contribution in [3.05, 3.63) is 27.1 Å². The minimum absolute atomic E-state index is 0.0101. The molecular weight excluding hydrogens is 364 g/mol. The van der Waals surface area contributed by atoms with Crippen LogP contribution in [0, 0.1) is 6.92 Å². The second kappa shape index (κ2) is 7.80. The summed E-state index contributed by atoms with van der Waals surface area (Å²) in [5, 5.41) is 3.28. The van der Waals surface area contributed by atoms with E-state index in [1.54, 1.807) is 6.92 Å². The molecule has 146 valence electrons. The van der Waals surface area contributed by atoms with Gasteiger partial charge in [0.25, 0.3) is 11.5 Å². The van der Waals surface area contributed by atoms with Gasteiger partial charge < -0.3 is 10.2 Å². The molecule has 0 spiro atoms. The topological polar surface area (TPSA) is 84.3 Å². The number of fused-ring (bicyclic) bond motifs is 1. The highest BCUT2D eigenvalue weighted by atomic mass is 32.1. The Kier molecular flexibility index (Phi) is 5.64. The number of nitrogens with one attached hydrogen (secondary N) is 1. The molecule has 3 heterocycles. The lowest BCUT2D eigenvalue weighted by molar-refractivity contribution is -0.135. The van der Waals surface area contributed by atoms with E-state index in [0.29, 0.717) is 20.7 Å². The van der Waals surface area contributed by atoms with Crippen LogP contribution >= 0.6 is 11.3 Å². The van der Waals surface area contributed by atoms with Crippen molar-refractivity contribution in [1.29, 1.82) is 0 Å². The van der Waals surface area contributed by atoms with Gasteiger partial charge in [-0.3, -0.25) is 19.0 Å². The zero-order valence-electron chi connectivity index (χ0n) is 16.2.